The molecule has 9 nitrogen and oxygen atoms in total. The zero-order valence-electron chi connectivity index (χ0n) is 19.1. The summed E-state index contributed by atoms with van der Waals surface area (Å²) in [5, 5.41) is 33.2. The Morgan fingerprint density at radius 1 is 1.24 bits per heavy atom. The fourth-order valence-electron chi connectivity index (χ4n) is 4.74. The highest BCUT2D eigenvalue weighted by Gasteiger charge is 2.67. The van der Waals surface area contributed by atoms with E-state index in [1.807, 2.05) is 11.4 Å². The van der Waals surface area contributed by atoms with Crippen LogP contribution in [0.1, 0.15) is 41.9 Å². The number of nitro benzene ring substituents is 1. The van der Waals surface area contributed by atoms with E-state index in [1.165, 1.54) is 36.4 Å². The Kier molecular flexibility index (Phi) is 6.75. The van der Waals surface area contributed by atoms with Crippen LogP contribution in [0.15, 0.2) is 59.8 Å². The lowest BCUT2D eigenvalue weighted by atomic mass is 9.68. The Morgan fingerprint density at radius 3 is 2.57 bits per heavy atom. The second kappa shape index (κ2) is 9.67. The predicted octanol–water partition coefficient (Wildman–Crippen LogP) is 3.77. The van der Waals surface area contributed by atoms with Crippen molar-refractivity contribution in [2.24, 2.45) is 5.92 Å². The molecule has 37 heavy (non-hydrogen) atoms. The largest absolute Gasteiger partial charge is 0.460 e. The van der Waals surface area contributed by atoms with Crippen LogP contribution in [-0.4, -0.2) is 33.7 Å². The monoisotopic (exact) mass is 515 g/mol. The molecule has 2 aromatic rings. The highest BCUT2D eigenvalue weighted by atomic mass is 19.4. The minimum Gasteiger partial charge on any atom is -0.460 e. The average Bonchev–Trinajstić information content (AvgIpc) is 2.86. The number of allylic oxidation sites excluding steroid dienone is 2. The van der Waals surface area contributed by atoms with Crippen LogP contribution in [-0.2, 0) is 20.9 Å². The molecule has 1 aliphatic heterocycles. The Balaban J connectivity index is 1.79. The number of nitro groups is 1. The van der Waals surface area contributed by atoms with Crippen molar-refractivity contribution in [2.75, 3.05) is 0 Å². The van der Waals surface area contributed by atoms with Gasteiger partial charge in [0.2, 0.25) is 5.72 Å². The number of rotatable bonds is 5. The summed E-state index contributed by atoms with van der Waals surface area (Å²) in [4.78, 5) is 36.4. The third kappa shape index (κ3) is 4.77. The maximum atomic E-state index is 14.4. The van der Waals surface area contributed by atoms with Gasteiger partial charge in [-0.3, -0.25) is 19.7 Å². The highest BCUT2D eigenvalue weighted by Crippen LogP contribution is 2.51. The van der Waals surface area contributed by atoms with Gasteiger partial charge in [0.25, 0.3) is 5.69 Å². The van der Waals surface area contributed by atoms with Gasteiger partial charge in [-0.15, -0.1) is 0 Å². The summed E-state index contributed by atoms with van der Waals surface area (Å²) in [6.07, 6.45) is -4.99. The van der Waals surface area contributed by atoms with Gasteiger partial charge in [0.1, 0.15) is 12.5 Å². The molecule has 0 radical (unpaired) electrons. The third-order valence-corrected chi connectivity index (χ3v) is 6.48. The molecule has 3 atom stereocenters. The van der Waals surface area contributed by atoms with E-state index in [9.17, 15) is 43.2 Å². The number of esters is 1. The molecular formula is C25H20F3N3O6. The number of carbonyl (C=O) groups excluding carboxylic acids is 2. The summed E-state index contributed by atoms with van der Waals surface area (Å²) in [5.41, 5.74) is -3.75. The van der Waals surface area contributed by atoms with E-state index in [-0.39, 0.29) is 52.9 Å². The van der Waals surface area contributed by atoms with Crippen molar-refractivity contribution < 1.29 is 37.5 Å². The summed E-state index contributed by atoms with van der Waals surface area (Å²) in [5.74, 6) is -5.80. The number of benzene rings is 2. The molecule has 0 fully saturated rings. The van der Waals surface area contributed by atoms with Crippen molar-refractivity contribution in [1.82, 2.24) is 5.32 Å². The number of hydrogen-bond acceptors (Lipinski definition) is 8. The zero-order valence-corrected chi connectivity index (χ0v) is 19.1. The van der Waals surface area contributed by atoms with Crippen molar-refractivity contribution in [2.45, 2.75) is 43.7 Å². The molecule has 0 bridgehead atoms. The first-order chi connectivity index (χ1) is 17.5. The van der Waals surface area contributed by atoms with E-state index in [4.69, 9.17) is 4.74 Å². The van der Waals surface area contributed by atoms with Crippen LogP contribution >= 0.6 is 0 Å². The van der Waals surface area contributed by atoms with Gasteiger partial charge in [0, 0.05) is 35.7 Å². The van der Waals surface area contributed by atoms with Crippen LogP contribution in [0.5, 0.6) is 0 Å². The fraction of sp³-hybridized carbons (Fsp3) is 0.320. The normalized spacial score (nSPS) is 23.5. The summed E-state index contributed by atoms with van der Waals surface area (Å²) in [6.45, 7) is -0.536. The van der Waals surface area contributed by atoms with Crippen molar-refractivity contribution in [3.63, 3.8) is 0 Å². The second-order valence-corrected chi connectivity index (χ2v) is 8.78. The van der Waals surface area contributed by atoms with Crippen molar-refractivity contribution in [1.29, 1.82) is 5.26 Å². The molecule has 2 aromatic carbocycles. The number of aliphatic hydroxyl groups is 1. The lowest BCUT2D eigenvalue weighted by Gasteiger charge is -2.47. The van der Waals surface area contributed by atoms with Gasteiger partial charge in [-0.05, 0) is 48.2 Å². The van der Waals surface area contributed by atoms with Crippen LogP contribution in [0.25, 0.3) is 0 Å². The SMILES string of the molecule is N#Cc1cccc(C2C3=C(CCCC3=O)NC(O)(C(F)(F)F)C2C(=O)OCc2ccc([N+](=O)[O-])cc2)c1. The fourth-order valence-corrected chi connectivity index (χ4v) is 4.74. The van der Waals surface area contributed by atoms with E-state index in [1.54, 1.807) is 0 Å². The number of ketones is 1. The lowest BCUT2D eigenvalue weighted by Crippen LogP contribution is -2.67. The molecule has 12 heteroatoms. The maximum absolute atomic E-state index is 14.4. The quantitative estimate of drug-likeness (QED) is 0.348. The van der Waals surface area contributed by atoms with Gasteiger partial charge in [-0.25, -0.2) is 0 Å². The number of nitrogens with zero attached hydrogens (tertiary/aromatic N) is 2. The Labute approximate surface area is 208 Å². The highest BCUT2D eigenvalue weighted by molar-refractivity contribution is 6.00. The average molecular weight is 515 g/mol. The summed E-state index contributed by atoms with van der Waals surface area (Å²) in [6, 6.07) is 12.2. The maximum Gasteiger partial charge on any atom is 0.437 e. The topological polar surface area (TPSA) is 143 Å². The summed E-state index contributed by atoms with van der Waals surface area (Å²) in [7, 11) is 0. The number of Topliss-reactive ketones (excluding diaryl/α,β-unsaturated/α-hetero) is 1. The summed E-state index contributed by atoms with van der Waals surface area (Å²) < 4.78 is 48.3. The Hall–Kier alpha value is -4.24. The molecule has 2 aliphatic rings. The Morgan fingerprint density at radius 2 is 1.95 bits per heavy atom. The first-order valence-corrected chi connectivity index (χ1v) is 11.2. The molecule has 0 amide bonds. The zero-order chi connectivity index (χ0) is 27.0. The molecule has 3 unspecified atom stereocenters. The molecule has 0 saturated carbocycles. The molecule has 4 rings (SSSR count). The van der Waals surface area contributed by atoms with E-state index in [0.29, 0.717) is 0 Å². The van der Waals surface area contributed by atoms with Crippen LogP contribution in [0.2, 0.25) is 0 Å². The number of nitrogens with one attached hydrogen (secondary N) is 1. The molecule has 0 spiro atoms. The Bertz CT molecular complexity index is 1330. The first kappa shape index (κ1) is 25.8. The number of halogens is 3. The first-order valence-electron chi connectivity index (χ1n) is 11.2. The smallest absolute Gasteiger partial charge is 0.437 e. The molecule has 2 N–H and O–H groups in total. The van der Waals surface area contributed by atoms with Gasteiger partial charge < -0.3 is 15.2 Å². The number of alkyl halides is 3. The van der Waals surface area contributed by atoms with E-state index < -0.39 is 47.0 Å². The van der Waals surface area contributed by atoms with E-state index in [0.717, 1.165) is 12.1 Å². The molecular weight excluding hydrogens is 495 g/mol. The third-order valence-electron chi connectivity index (χ3n) is 6.48. The number of ether oxygens (including phenoxy) is 1. The van der Waals surface area contributed by atoms with Gasteiger partial charge in [0.05, 0.1) is 16.6 Å². The minimum atomic E-state index is -5.35. The van der Waals surface area contributed by atoms with Gasteiger partial charge in [-0.1, -0.05) is 12.1 Å². The van der Waals surface area contributed by atoms with Crippen molar-refractivity contribution in [3.8, 4) is 6.07 Å². The molecule has 0 saturated heterocycles. The molecule has 0 aromatic heterocycles. The number of non-ortho nitro benzene ring substituents is 1. The summed E-state index contributed by atoms with van der Waals surface area (Å²) >= 11 is 0. The predicted molar refractivity (Wildman–Crippen MR) is 120 cm³/mol. The molecule has 192 valence electrons. The molecule has 1 aliphatic carbocycles. The number of carbonyl (C=O) groups is 2. The van der Waals surface area contributed by atoms with E-state index in [2.05, 4.69) is 0 Å². The van der Waals surface area contributed by atoms with Crippen LogP contribution in [0, 0.1) is 27.4 Å². The van der Waals surface area contributed by atoms with Crippen molar-refractivity contribution in [3.05, 3.63) is 86.6 Å². The van der Waals surface area contributed by atoms with Crippen LogP contribution in [0.3, 0.4) is 0 Å². The number of nitriles is 1. The van der Waals surface area contributed by atoms with Crippen LogP contribution in [0.4, 0.5) is 18.9 Å². The standard InChI is InChI=1S/C25H20F3N3O6/c26-25(27,28)24(34)22(23(33)37-13-14-7-9-17(10-8-14)31(35)36)20(16-4-1-3-15(11-16)12-29)21-18(30-24)5-2-6-19(21)32/h1,3-4,7-11,20,22,30,34H,2,5-6,13H2. The lowest BCUT2D eigenvalue weighted by molar-refractivity contribution is -0.384. The van der Waals surface area contributed by atoms with Crippen LogP contribution < -0.4 is 5.32 Å². The van der Waals surface area contributed by atoms with Crippen molar-refractivity contribution >= 4 is 17.4 Å². The van der Waals surface area contributed by atoms with Gasteiger partial charge in [0.15, 0.2) is 5.78 Å². The second-order valence-electron chi connectivity index (χ2n) is 8.78. The molecule has 1 heterocycles. The van der Waals surface area contributed by atoms with Gasteiger partial charge in [-0.2, -0.15) is 18.4 Å². The minimum absolute atomic E-state index is 0.0456. The van der Waals surface area contributed by atoms with Gasteiger partial charge >= 0.3 is 12.1 Å². The number of hydrogen-bond donors (Lipinski definition) is 2. The van der Waals surface area contributed by atoms with E-state index >= 15 is 0 Å².